The quantitative estimate of drug-likeness (QED) is 0.226. The average molecular weight is 439 g/mol. The van der Waals surface area contributed by atoms with Crippen molar-refractivity contribution in [2.45, 2.75) is 65.7 Å². The molecular weight excluding hydrogens is 400 g/mol. The van der Waals surface area contributed by atoms with Crippen LogP contribution in [0.1, 0.15) is 64.4 Å². The van der Waals surface area contributed by atoms with Crippen LogP contribution in [0.5, 0.6) is 0 Å². The molecule has 3 rings (SSSR count). The number of rotatable bonds is 13. The Morgan fingerprint density at radius 3 is 2.26 bits per heavy atom. The smallest absolute Gasteiger partial charge is 0.197 e. The largest absolute Gasteiger partial charge is 0.384 e. The number of anilines is 1. The van der Waals surface area contributed by atoms with Crippen molar-refractivity contribution in [1.29, 1.82) is 0 Å². The van der Waals surface area contributed by atoms with Crippen molar-refractivity contribution in [1.82, 2.24) is 4.90 Å². The topological polar surface area (TPSA) is 32.3 Å². The molecule has 1 N–H and O–H groups in total. The van der Waals surface area contributed by atoms with E-state index in [1.165, 1.54) is 57.2 Å². The number of nitrogens with one attached hydrogen (secondary N) is 1. The summed E-state index contributed by atoms with van der Waals surface area (Å²) in [6.45, 7) is 11.1. The molecule has 1 heterocycles. The minimum atomic E-state index is 0.149. The molecule has 0 unspecified atom stereocenters. The van der Waals surface area contributed by atoms with E-state index in [-0.39, 0.29) is 5.43 Å². The van der Waals surface area contributed by atoms with Gasteiger partial charge in [-0.15, -0.1) is 11.3 Å². The van der Waals surface area contributed by atoms with Crippen molar-refractivity contribution >= 4 is 37.2 Å². The van der Waals surface area contributed by atoms with E-state index in [4.69, 9.17) is 0 Å². The Morgan fingerprint density at radius 1 is 0.871 bits per heavy atom. The van der Waals surface area contributed by atoms with Gasteiger partial charge in [-0.25, -0.2) is 0 Å². The molecule has 0 aliphatic heterocycles. The summed E-state index contributed by atoms with van der Waals surface area (Å²) < 4.78 is 2.17. The van der Waals surface area contributed by atoms with E-state index in [2.05, 4.69) is 43.1 Å². The normalized spacial score (nSPS) is 11.6. The van der Waals surface area contributed by atoms with Gasteiger partial charge in [-0.1, -0.05) is 57.7 Å². The molecule has 0 radical (unpaired) electrons. The van der Waals surface area contributed by atoms with E-state index in [9.17, 15) is 4.79 Å². The highest BCUT2D eigenvalue weighted by atomic mass is 32.1. The summed E-state index contributed by atoms with van der Waals surface area (Å²) in [5, 5.41) is 5.27. The van der Waals surface area contributed by atoms with Crippen molar-refractivity contribution in [3.8, 4) is 0 Å². The van der Waals surface area contributed by atoms with E-state index in [0.717, 1.165) is 45.4 Å². The van der Waals surface area contributed by atoms with Gasteiger partial charge < -0.3 is 10.2 Å². The van der Waals surface area contributed by atoms with E-state index in [1.807, 2.05) is 24.3 Å². The number of hydrogen-bond donors (Lipinski definition) is 1. The summed E-state index contributed by atoms with van der Waals surface area (Å²) in [7, 11) is 0. The first-order chi connectivity index (χ1) is 15.2. The standard InChI is InChI=1S/C27H38N2OS/c1-4-6-10-18-29(19-11-7-5-2)20-12-17-28-23-16-15-21(3)27-25(23)26(30)22-13-8-9-14-24(22)31-27/h8-9,13-16,28H,4-7,10-12,17-20H2,1-3H3. The summed E-state index contributed by atoms with van der Waals surface area (Å²) in [5.74, 6) is 0. The Labute approximate surface area is 191 Å². The fraction of sp³-hybridized carbons (Fsp3) is 0.519. The van der Waals surface area contributed by atoms with Crippen LogP contribution in [-0.4, -0.2) is 31.1 Å². The van der Waals surface area contributed by atoms with Crippen molar-refractivity contribution in [2.75, 3.05) is 31.5 Å². The molecule has 2 aromatic carbocycles. The fourth-order valence-electron chi connectivity index (χ4n) is 4.21. The molecule has 3 aromatic rings. The Kier molecular flexibility index (Phi) is 9.35. The lowest BCUT2D eigenvalue weighted by molar-refractivity contribution is 0.261. The van der Waals surface area contributed by atoms with Crippen LogP contribution in [0.25, 0.3) is 20.2 Å². The lowest BCUT2D eigenvalue weighted by Gasteiger charge is -2.22. The molecule has 31 heavy (non-hydrogen) atoms. The van der Waals surface area contributed by atoms with Gasteiger partial charge in [-0.2, -0.15) is 0 Å². The maximum absolute atomic E-state index is 13.3. The lowest BCUT2D eigenvalue weighted by atomic mass is 10.1. The lowest BCUT2D eigenvalue weighted by Crippen LogP contribution is -2.28. The molecular formula is C27H38N2OS. The maximum Gasteiger partial charge on any atom is 0.197 e. The highest BCUT2D eigenvalue weighted by Crippen LogP contribution is 2.31. The Balaban J connectivity index is 1.68. The minimum absolute atomic E-state index is 0.149. The molecule has 0 fully saturated rings. The molecule has 3 nitrogen and oxygen atoms in total. The molecule has 0 saturated heterocycles. The highest BCUT2D eigenvalue weighted by Gasteiger charge is 2.12. The SMILES string of the molecule is CCCCCN(CCCCC)CCCNc1ccc(C)c2sc3ccccc3c(=O)c12. The van der Waals surface area contributed by atoms with Crippen LogP contribution < -0.4 is 10.7 Å². The number of benzene rings is 2. The molecule has 0 aliphatic carbocycles. The molecule has 4 heteroatoms. The van der Waals surface area contributed by atoms with Gasteiger partial charge in [-0.3, -0.25) is 4.79 Å². The zero-order valence-electron chi connectivity index (χ0n) is 19.5. The van der Waals surface area contributed by atoms with Crippen LogP contribution in [0.3, 0.4) is 0 Å². The number of unbranched alkanes of at least 4 members (excludes halogenated alkanes) is 4. The fourth-order valence-corrected chi connectivity index (χ4v) is 5.38. The van der Waals surface area contributed by atoms with E-state index in [1.54, 1.807) is 11.3 Å². The number of nitrogens with zero attached hydrogens (tertiary/aromatic N) is 1. The van der Waals surface area contributed by atoms with Crippen LogP contribution in [0, 0.1) is 6.92 Å². The third-order valence-electron chi connectivity index (χ3n) is 6.05. The van der Waals surface area contributed by atoms with Crippen molar-refractivity contribution < 1.29 is 0 Å². The van der Waals surface area contributed by atoms with Gasteiger partial charge in [0.05, 0.1) is 5.39 Å². The number of aryl methyl sites for hydroxylation is 1. The predicted molar refractivity (Wildman–Crippen MR) is 139 cm³/mol. The second-order valence-electron chi connectivity index (χ2n) is 8.60. The maximum atomic E-state index is 13.3. The zero-order chi connectivity index (χ0) is 22.1. The van der Waals surface area contributed by atoms with Gasteiger partial charge in [0.15, 0.2) is 5.43 Å². The number of fused-ring (bicyclic) bond motifs is 2. The van der Waals surface area contributed by atoms with Crippen molar-refractivity contribution in [3.63, 3.8) is 0 Å². The summed E-state index contributed by atoms with van der Waals surface area (Å²) in [6, 6.07) is 12.2. The molecule has 0 spiro atoms. The average Bonchev–Trinajstić information content (AvgIpc) is 2.78. The Bertz CT molecular complexity index is 1020. The third kappa shape index (κ3) is 6.30. The van der Waals surface area contributed by atoms with Crippen molar-refractivity contribution in [2.24, 2.45) is 0 Å². The molecule has 0 saturated carbocycles. The van der Waals surface area contributed by atoms with Gasteiger partial charge >= 0.3 is 0 Å². The third-order valence-corrected chi connectivity index (χ3v) is 7.35. The first-order valence-electron chi connectivity index (χ1n) is 12.1. The van der Waals surface area contributed by atoms with E-state index in [0.29, 0.717) is 0 Å². The molecule has 168 valence electrons. The second-order valence-corrected chi connectivity index (χ2v) is 9.65. The molecule has 0 aliphatic rings. The Morgan fingerprint density at radius 2 is 1.55 bits per heavy atom. The highest BCUT2D eigenvalue weighted by molar-refractivity contribution is 7.24. The van der Waals surface area contributed by atoms with Gasteiger partial charge in [0, 0.05) is 27.0 Å². The van der Waals surface area contributed by atoms with Crippen LogP contribution in [0.15, 0.2) is 41.2 Å². The van der Waals surface area contributed by atoms with Crippen LogP contribution in [0.2, 0.25) is 0 Å². The monoisotopic (exact) mass is 438 g/mol. The Hall–Kier alpha value is -1.91. The van der Waals surface area contributed by atoms with Crippen LogP contribution >= 0.6 is 11.3 Å². The molecule has 0 bridgehead atoms. The van der Waals surface area contributed by atoms with Gasteiger partial charge in [0.2, 0.25) is 0 Å². The van der Waals surface area contributed by atoms with E-state index < -0.39 is 0 Å². The molecule has 1 aromatic heterocycles. The van der Waals surface area contributed by atoms with Gasteiger partial charge in [0.1, 0.15) is 0 Å². The van der Waals surface area contributed by atoms with Gasteiger partial charge in [0.25, 0.3) is 0 Å². The van der Waals surface area contributed by atoms with Crippen LogP contribution in [0.4, 0.5) is 5.69 Å². The van der Waals surface area contributed by atoms with Crippen molar-refractivity contribution in [3.05, 3.63) is 52.2 Å². The minimum Gasteiger partial charge on any atom is -0.384 e. The first-order valence-corrected chi connectivity index (χ1v) is 12.9. The first kappa shape index (κ1) is 23.7. The summed E-state index contributed by atoms with van der Waals surface area (Å²) in [4.78, 5) is 15.9. The molecule has 0 atom stereocenters. The summed E-state index contributed by atoms with van der Waals surface area (Å²) in [6.07, 6.45) is 8.88. The molecule has 0 amide bonds. The second kappa shape index (κ2) is 12.2. The predicted octanol–water partition coefficient (Wildman–Crippen LogP) is 7.21. The summed E-state index contributed by atoms with van der Waals surface area (Å²) in [5.41, 5.74) is 2.30. The zero-order valence-corrected chi connectivity index (χ0v) is 20.3. The van der Waals surface area contributed by atoms with E-state index >= 15 is 0 Å². The van der Waals surface area contributed by atoms with Gasteiger partial charge in [-0.05, 0) is 69.6 Å². The summed E-state index contributed by atoms with van der Waals surface area (Å²) >= 11 is 1.72. The number of hydrogen-bond acceptors (Lipinski definition) is 4. The van der Waals surface area contributed by atoms with Crippen LogP contribution in [-0.2, 0) is 0 Å².